The van der Waals surface area contributed by atoms with Crippen LogP contribution in [-0.2, 0) is 9.53 Å². The first-order chi connectivity index (χ1) is 14.4. The summed E-state index contributed by atoms with van der Waals surface area (Å²) < 4.78 is 12.3. The summed E-state index contributed by atoms with van der Waals surface area (Å²) in [6.07, 6.45) is 3.72. The summed E-state index contributed by atoms with van der Waals surface area (Å²) in [4.78, 5) is 36.3. The molecule has 1 aromatic carbocycles. The van der Waals surface area contributed by atoms with Crippen molar-refractivity contribution in [2.45, 2.75) is 20.3 Å². The molecule has 0 saturated carbocycles. The highest BCUT2D eigenvalue weighted by atomic mass is 16.5. The first-order valence-electron chi connectivity index (χ1n) is 9.21. The van der Waals surface area contributed by atoms with Gasteiger partial charge in [-0.1, -0.05) is 6.92 Å². The fourth-order valence-corrected chi connectivity index (χ4v) is 2.81. The van der Waals surface area contributed by atoms with E-state index in [1.165, 1.54) is 12.1 Å². The summed E-state index contributed by atoms with van der Waals surface area (Å²) in [6.45, 7) is 2.80. The highest BCUT2D eigenvalue weighted by Crippen LogP contribution is 2.26. The summed E-state index contributed by atoms with van der Waals surface area (Å²) in [5.41, 5.74) is 0.930. The third-order valence-corrected chi connectivity index (χ3v) is 4.37. The molecule has 2 heterocycles. The van der Waals surface area contributed by atoms with Crippen molar-refractivity contribution in [3.05, 3.63) is 71.2 Å². The average molecular weight is 405 g/mol. The third-order valence-electron chi connectivity index (χ3n) is 4.37. The number of amides is 1. The predicted molar refractivity (Wildman–Crippen MR) is 107 cm³/mol. The molecule has 0 saturated heterocycles. The molecule has 8 heteroatoms. The quantitative estimate of drug-likeness (QED) is 0.474. The first-order valence-corrected chi connectivity index (χ1v) is 9.21. The van der Waals surface area contributed by atoms with Crippen LogP contribution in [0.5, 0.6) is 0 Å². The van der Waals surface area contributed by atoms with Crippen LogP contribution in [0.15, 0.2) is 53.2 Å². The van der Waals surface area contributed by atoms with Crippen molar-refractivity contribution in [3.63, 3.8) is 0 Å². The number of carbonyl (C=O) groups is 3. The number of esters is 1. The van der Waals surface area contributed by atoms with Crippen LogP contribution in [-0.4, -0.2) is 28.8 Å². The zero-order valence-corrected chi connectivity index (χ0v) is 16.5. The number of anilines is 1. The number of carbonyl (C=O) groups excluding carboxylic acids is 3. The lowest BCUT2D eigenvalue weighted by molar-refractivity contribution is -0.115. The van der Waals surface area contributed by atoms with E-state index in [0.717, 1.165) is 0 Å². The Kier molecular flexibility index (Phi) is 6.13. The SMILES string of the molecule is CCC(=O)Nc1ccc(C(=O)COC(=O)c2c(C)oc(-n3cccc3)c2C#N)cc1. The first kappa shape index (κ1) is 20.6. The van der Waals surface area contributed by atoms with Gasteiger partial charge in [-0.15, -0.1) is 0 Å². The van der Waals surface area contributed by atoms with Crippen molar-refractivity contribution in [1.82, 2.24) is 4.57 Å². The van der Waals surface area contributed by atoms with Gasteiger partial charge >= 0.3 is 5.97 Å². The molecule has 0 unspecified atom stereocenters. The van der Waals surface area contributed by atoms with Crippen molar-refractivity contribution in [2.75, 3.05) is 11.9 Å². The van der Waals surface area contributed by atoms with Crippen LogP contribution in [0.1, 0.15) is 45.4 Å². The number of rotatable bonds is 7. The van der Waals surface area contributed by atoms with Crippen LogP contribution < -0.4 is 5.32 Å². The molecule has 0 spiro atoms. The number of benzene rings is 1. The molecule has 0 aliphatic carbocycles. The summed E-state index contributed by atoms with van der Waals surface area (Å²) in [5, 5.41) is 12.2. The van der Waals surface area contributed by atoms with E-state index in [9.17, 15) is 19.6 Å². The molecule has 3 aromatic rings. The number of nitrogens with zero attached hydrogens (tertiary/aromatic N) is 2. The Morgan fingerprint density at radius 1 is 1.17 bits per heavy atom. The molecule has 30 heavy (non-hydrogen) atoms. The van der Waals surface area contributed by atoms with Crippen LogP contribution in [0.25, 0.3) is 5.88 Å². The molecule has 0 aliphatic heterocycles. The Labute approximate surface area is 172 Å². The van der Waals surface area contributed by atoms with Crippen molar-refractivity contribution in [3.8, 4) is 12.0 Å². The minimum absolute atomic E-state index is 0.00775. The normalized spacial score (nSPS) is 10.3. The fraction of sp³-hybridized carbons (Fsp3) is 0.182. The van der Waals surface area contributed by atoms with E-state index in [2.05, 4.69) is 5.32 Å². The van der Waals surface area contributed by atoms with Crippen LogP contribution in [0.4, 0.5) is 5.69 Å². The topological polar surface area (TPSA) is 114 Å². The van der Waals surface area contributed by atoms with Gasteiger partial charge in [-0.05, 0) is 43.3 Å². The number of furan rings is 1. The lowest BCUT2D eigenvalue weighted by Crippen LogP contribution is -2.15. The van der Waals surface area contributed by atoms with Gasteiger partial charge < -0.3 is 14.5 Å². The van der Waals surface area contributed by atoms with Gasteiger partial charge in [0.15, 0.2) is 12.4 Å². The minimum atomic E-state index is -0.814. The van der Waals surface area contributed by atoms with Gasteiger partial charge in [-0.3, -0.25) is 14.2 Å². The molecule has 0 bridgehead atoms. The molecule has 0 fully saturated rings. The molecule has 0 radical (unpaired) electrons. The number of ketones is 1. The maximum Gasteiger partial charge on any atom is 0.343 e. The number of ether oxygens (including phenoxy) is 1. The summed E-state index contributed by atoms with van der Waals surface area (Å²) in [7, 11) is 0. The Balaban J connectivity index is 1.69. The second kappa shape index (κ2) is 8.92. The molecule has 0 aliphatic rings. The highest BCUT2D eigenvalue weighted by molar-refractivity contribution is 6.01. The number of aromatic nitrogens is 1. The van der Waals surface area contributed by atoms with Crippen LogP contribution in [0, 0.1) is 18.3 Å². The molecule has 2 aromatic heterocycles. The molecule has 1 amide bonds. The van der Waals surface area contributed by atoms with E-state index in [1.807, 2.05) is 6.07 Å². The van der Waals surface area contributed by atoms with Crippen LogP contribution in [0.2, 0.25) is 0 Å². The van der Waals surface area contributed by atoms with Gasteiger partial charge in [-0.25, -0.2) is 4.79 Å². The molecule has 3 rings (SSSR count). The molecule has 152 valence electrons. The Bertz CT molecular complexity index is 1120. The monoisotopic (exact) mass is 405 g/mol. The number of hydrogen-bond acceptors (Lipinski definition) is 6. The smallest absolute Gasteiger partial charge is 0.343 e. The van der Waals surface area contributed by atoms with Gasteiger partial charge in [0, 0.05) is 30.1 Å². The second-order valence-corrected chi connectivity index (χ2v) is 6.39. The van der Waals surface area contributed by atoms with Crippen LogP contribution >= 0.6 is 0 Å². The zero-order valence-electron chi connectivity index (χ0n) is 16.5. The van der Waals surface area contributed by atoms with Crippen molar-refractivity contribution in [1.29, 1.82) is 5.26 Å². The van der Waals surface area contributed by atoms with Crippen molar-refractivity contribution >= 4 is 23.3 Å². The van der Waals surface area contributed by atoms with Crippen molar-refractivity contribution < 1.29 is 23.5 Å². The molecule has 0 atom stereocenters. The summed E-state index contributed by atoms with van der Waals surface area (Å²) >= 11 is 0. The van der Waals surface area contributed by atoms with Gasteiger partial charge in [0.1, 0.15) is 23.0 Å². The van der Waals surface area contributed by atoms with E-state index in [-0.39, 0.29) is 28.7 Å². The molecular weight excluding hydrogens is 386 g/mol. The number of nitrogens with one attached hydrogen (secondary N) is 1. The summed E-state index contributed by atoms with van der Waals surface area (Å²) in [6, 6.07) is 11.8. The van der Waals surface area contributed by atoms with E-state index in [4.69, 9.17) is 9.15 Å². The Morgan fingerprint density at radius 2 is 1.83 bits per heavy atom. The van der Waals surface area contributed by atoms with E-state index < -0.39 is 18.4 Å². The molecule has 8 nitrogen and oxygen atoms in total. The fourth-order valence-electron chi connectivity index (χ4n) is 2.81. The molecular formula is C22H19N3O5. The Hall–Kier alpha value is -4.12. The number of Topliss-reactive ketones (excluding diaryl/α,β-unsaturated/α-hetero) is 1. The van der Waals surface area contributed by atoms with Crippen molar-refractivity contribution in [2.24, 2.45) is 0 Å². The van der Waals surface area contributed by atoms with Gasteiger partial charge in [0.2, 0.25) is 11.8 Å². The third kappa shape index (κ3) is 4.31. The maximum absolute atomic E-state index is 12.5. The van der Waals surface area contributed by atoms with Gasteiger partial charge in [0.25, 0.3) is 0 Å². The standard InChI is InChI=1S/C22H19N3O5/c1-3-19(27)24-16-8-6-15(7-9-16)18(26)13-29-22(28)20-14(2)30-21(17(20)12-23)25-10-4-5-11-25/h4-11H,3,13H2,1-2H3,(H,24,27). The largest absolute Gasteiger partial charge is 0.454 e. The number of nitriles is 1. The predicted octanol–water partition coefficient (Wildman–Crippen LogP) is 3.64. The van der Waals surface area contributed by atoms with E-state index in [0.29, 0.717) is 17.7 Å². The number of aryl methyl sites for hydroxylation is 1. The van der Waals surface area contributed by atoms with Gasteiger partial charge in [0.05, 0.1) is 0 Å². The van der Waals surface area contributed by atoms with Gasteiger partial charge in [-0.2, -0.15) is 5.26 Å². The lowest BCUT2D eigenvalue weighted by atomic mass is 10.1. The van der Waals surface area contributed by atoms with E-state index >= 15 is 0 Å². The highest BCUT2D eigenvalue weighted by Gasteiger charge is 2.26. The second-order valence-electron chi connectivity index (χ2n) is 6.39. The summed E-state index contributed by atoms with van der Waals surface area (Å²) in [5.74, 6) is -0.925. The number of hydrogen-bond donors (Lipinski definition) is 1. The zero-order chi connectivity index (χ0) is 21.7. The van der Waals surface area contributed by atoms with Crippen LogP contribution in [0.3, 0.4) is 0 Å². The van der Waals surface area contributed by atoms with E-state index in [1.54, 1.807) is 55.1 Å². The Morgan fingerprint density at radius 3 is 2.43 bits per heavy atom. The molecule has 1 N–H and O–H groups in total. The lowest BCUT2D eigenvalue weighted by Gasteiger charge is -2.06. The average Bonchev–Trinajstić information content (AvgIpc) is 3.39. The minimum Gasteiger partial charge on any atom is -0.454 e. The maximum atomic E-state index is 12.5.